The van der Waals surface area contributed by atoms with Gasteiger partial charge in [0.2, 0.25) is 0 Å². The van der Waals surface area contributed by atoms with Gasteiger partial charge in [-0.2, -0.15) is 0 Å². The standard InChI is InChI=1S/C15H20BrNO2/c1-7-5-9-11(15(3,4)17)13-10(6-8(2)18-13)12(16)14(9)19-7/h7-8H,5-6,17H2,1-4H3. The van der Waals surface area contributed by atoms with Crippen molar-refractivity contribution in [2.45, 2.75) is 58.3 Å². The molecule has 4 heteroatoms. The largest absolute Gasteiger partial charge is 0.490 e. The zero-order chi connectivity index (χ0) is 13.9. The highest BCUT2D eigenvalue weighted by molar-refractivity contribution is 9.10. The average Bonchev–Trinajstić information content (AvgIpc) is 2.80. The van der Waals surface area contributed by atoms with E-state index in [0.29, 0.717) is 0 Å². The highest BCUT2D eigenvalue weighted by atomic mass is 79.9. The van der Waals surface area contributed by atoms with Gasteiger partial charge < -0.3 is 15.2 Å². The van der Waals surface area contributed by atoms with E-state index < -0.39 is 5.54 Å². The molecule has 2 heterocycles. The molecule has 1 aromatic rings. The van der Waals surface area contributed by atoms with Gasteiger partial charge in [0.05, 0.1) is 4.47 Å². The minimum Gasteiger partial charge on any atom is -0.490 e. The van der Waals surface area contributed by atoms with Crippen molar-refractivity contribution in [1.29, 1.82) is 0 Å². The Morgan fingerprint density at radius 1 is 1.05 bits per heavy atom. The number of hydrogen-bond acceptors (Lipinski definition) is 3. The van der Waals surface area contributed by atoms with Crippen molar-refractivity contribution < 1.29 is 9.47 Å². The van der Waals surface area contributed by atoms with Gasteiger partial charge in [0, 0.05) is 35.1 Å². The molecular formula is C15H20BrNO2. The summed E-state index contributed by atoms with van der Waals surface area (Å²) in [6, 6.07) is 0. The van der Waals surface area contributed by atoms with Crippen LogP contribution in [0.3, 0.4) is 0 Å². The quantitative estimate of drug-likeness (QED) is 0.861. The third-order valence-corrected chi connectivity index (χ3v) is 4.65. The SMILES string of the molecule is CC1Cc2c(c(Br)c3c(c2C(C)(C)N)OC(C)C3)O1. The van der Waals surface area contributed by atoms with Crippen LogP contribution in [-0.4, -0.2) is 12.2 Å². The lowest BCUT2D eigenvalue weighted by atomic mass is 9.86. The topological polar surface area (TPSA) is 44.5 Å². The van der Waals surface area contributed by atoms with Crippen LogP contribution in [0.2, 0.25) is 0 Å². The highest BCUT2D eigenvalue weighted by Crippen LogP contribution is 2.51. The Balaban J connectivity index is 2.30. The van der Waals surface area contributed by atoms with Gasteiger partial charge in [0.15, 0.2) is 0 Å². The number of hydrogen-bond donors (Lipinski definition) is 1. The van der Waals surface area contributed by atoms with Crippen LogP contribution in [0.25, 0.3) is 0 Å². The molecule has 2 aliphatic heterocycles. The van der Waals surface area contributed by atoms with Crippen LogP contribution in [0, 0.1) is 0 Å². The van der Waals surface area contributed by atoms with Crippen molar-refractivity contribution in [2.75, 3.05) is 0 Å². The van der Waals surface area contributed by atoms with Gasteiger partial charge in [-0.1, -0.05) is 0 Å². The van der Waals surface area contributed by atoms with E-state index in [2.05, 4.69) is 29.8 Å². The van der Waals surface area contributed by atoms with E-state index in [4.69, 9.17) is 15.2 Å². The molecule has 0 aliphatic carbocycles. The Kier molecular flexibility index (Phi) is 2.88. The predicted octanol–water partition coefficient (Wildman–Crippen LogP) is 3.29. The number of ether oxygens (including phenoxy) is 2. The summed E-state index contributed by atoms with van der Waals surface area (Å²) < 4.78 is 13.1. The Labute approximate surface area is 122 Å². The van der Waals surface area contributed by atoms with Gasteiger partial charge >= 0.3 is 0 Å². The minimum atomic E-state index is -0.424. The van der Waals surface area contributed by atoms with Gasteiger partial charge in [-0.3, -0.25) is 0 Å². The maximum Gasteiger partial charge on any atom is 0.138 e. The van der Waals surface area contributed by atoms with E-state index in [1.807, 2.05) is 13.8 Å². The summed E-state index contributed by atoms with van der Waals surface area (Å²) in [6.45, 7) is 8.25. The molecule has 3 rings (SSSR count). The molecule has 2 atom stereocenters. The normalized spacial score (nSPS) is 24.7. The summed E-state index contributed by atoms with van der Waals surface area (Å²) in [4.78, 5) is 0. The van der Waals surface area contributed by atoms with Crippen molar-refractivity contribution in [3.05, 3.63) is 21.2 Å². The van der Waals surface area contributed by atoms with E-state index in [-0.39, 0.29) is 12.2 Å². The monoisotopic (exact) mass is 325 g/mol. The molecule has 2 aliphatic rings. The average molecular weight is 326 g/mol. The van der Waals surface area contributed by atoms with Crippen LogP contribution in [0.15, 0.2) is 4.47 Å². The van der Waals surface area contributed by atoms with E-state index in [9.17, 15) is 0 Å². The summed E-state index contributed by atoms with van der Waals surface area (Å²) in [5.41, 5.74) is 9.50. The van der Waals surface area contributed by atoms with E-state index in [0.717, 1.165) is 34.4 Å². The number of rotatable bonds is 1. The van der Waals surface area contributed by atoms with Crippen LogP contribution in [0.1, 0.15) is 44.4 Å². The van der Waals surface area contributed by atoms with Gasteiger partial charge in [0.1, 0.15) is 23.7 Å². The molecule has 0 amide bonds. The summed E-state index contributed by atoms with van der Waals surface area (Å²) in [5, 5.41) is 0. The molecule has 19 heavy (non-hydrogen) atoms. The van der Waals surface area contributed by atoms with E-state index in [1.165, 1.54) is 11.1 Å². The molecule has 1 aromatic carbocycles. The number of benzene rings is 1. The molecular weight excluding hydrogens is 306 g/mol. The smallest absolute Gasteiger partial charge is 0.138 e. The number of halogens is 1. The minimum absolute atomic E-state index is 0.201. The third-order valence-electron chi connectivity index (χ3n) is 3.81. The molecule has 0 fully saturated rings. The molecule has 0 aromatic heterocycles. The van der Waals surface area contributed by atoms with Crippen LogP contribution in [0.4, 0.5) is 0 Å². The second-order valence-electron chi connectivity index (χ2n) is 6.29. The van der Waals surface area contributed by atoms with Crippen LogP contribution in [0.5, 0.6) is 11.5 Å². The van der Waals surface area contributed by atoms with Gasteiger partial charge in [0.25, 0.3) is 0 Å². The first-order chi connectivity index (χ1) is 8.79. The summed E-state index contributed by atoms with van der Waals surface area (Å²) in [6.07, 6.45) is 2.21. The first-order valence-electron chi connectivity index (χ1n) is 6.79. The van der Waals surface area contributed by atoms with Crippen molar-refractivity contribution in [3.63, 3.8) is 0 Å². The third kappa shape index (κ3) is 1.96. The Bertz CT molecular complexity index is 509. The number of fused-ring (bicyclic) bond motifs is 2. The zero-order valence-corrected chi connectivity index (χ0v) is 13.4. The molecule has 0 bridgehead atoms. The molecule has 0 spiro atoms. The molecule has 2 unspecified atom stereocenters. The highest BCUT2D eigenvalue weighted by Gasteiger charge is 2.38. The second-order valence-corrected chi connectivity index (χ2v) is 7.08. The first kappa shape index (κ1) is 13.3. The summed E-state index contributed by atoms with van der Waals surface area (Å²) >= 11 is 3.69. The Hall–Kier alpha value is -0.740. The molecule has 2 N–H and O–H groups in total. The first-order valence-corrected chi connectivity index (χ1v) is 7.58. The molecule has 0 radical (unpaired) electrons. The second kappa shape index (κ2) is 4.13. The van der Waals surface area contributed by atoms with Crippen molar-refractivity contribution >= 4 is 15.9 Å². The fourth-order valence-corrected chi connectivity index (χ4v) is 3.82. The van der Waals surface area contributed by atoms with Crippen LogP contribution >= 0.6 is 15.9 Å². The maximum absolute atomic E-state index is 6.39. The molecule has 3 nitrogen and oxygen atoms in total. The number of nitrogens with two attached hydrogens (primary N) is 1. The van der Waals surface area contributed by atoms with Crippen molar-refractivity contribution in [3.8, 4) is 11.5 Å². The molecule has 104 valence electrons. The van der Waals surface area contributed by atoms with Crippen LogP contribution in [-0.2, 0) is 18.4 Å². The lowest BCUT2D eigenvalue weighted by molar-refractivity contribution is 0.248. The van der Waals surface area contributed by atoms with Gasteiger partial charge in [-0.05, 0) is 43.6 Å². The molecule has 0 saturated heterocycles. The van der Waals surface area contributed by atoms with E-state index >= 15 is 0 Å². The van der Waals surface area contributed by atoms with Crippen molar-refractivity contribution in [2.24, 2.45) is 5.73 Å². The van der Waals surface area contributed by atoms with Crippen molar-refractivity contribution in [1.82, 2.24) is 0 Å². The fourth-order valence-electron chi connectivity index (χ4n) is 3.14. The molecule has 0 saturated carbocycles. The zero-order valence-electron chi connectivity index (χ0n) is 11.8. The predicted molar refractivity (Wildman–Crippen MR) is 78.9 cm³/mol. The Morgan fingerprint density at radius 2 is 1.58 bits per heavy atom. The van der Waals surface area contributed by atoms with Gasteiger partial charge in [-0.15, -0.1) is 0 Å². The lowest BCUT2D eigenvalue weighted by Gasteiger charge is -2.25. The maximum atomic E-state index is 6.39. The lowest BCUT2D eigenvalue weighted by Crippen LogP contribution is -2.30. The summed E-state index contributed by atoms with van der Waals surface area (Å²) in [7, 11) is 0. The van der Waals surface area contributed by atoms with E-state index in [1.54, 1.807) is 0 Å². The van der Waals surface area contributed by atoms with Crippen LogP contribution < -0.4 is 15.2 Å². The summed E-state index contributed by atoms with van der Waals surface area (Å²) in [5.74, 6) is 1.95. The van der Waals surface area contributed by atoms with Gasteiger partial charge in [-0.25, -0.2) is 0 Å². The Morgan fingerprint density at radius 3 is 2.16 bits per heavy atom. The fraction of sp³-hybridized carbons (Fsp3) is 0.600.